The fraction of sp³-hybridized carbons (Fsp3) is 0.364. The number of rotatable bonds is 3. The van der Waals surface area contributed by atoms with Crippen LogP contribution in [0.15, 0.2) is 23.7 Å². The van der Waals surface area contributed by atoms with Crippen LogP contribution in [-0.2, 0) is 5.41 Å². The number of aliphatic hydroxyl groups is 1. The highest BCUT2D eigenvalue weighted by atomic mass is 32.1. The lowest BCUT2D eigenvalue weighted by molar-refractivity contribution is 0.255. The summed E-state index contributed by atoms with van der Waals surface area (Å²) < 4.78 is 0. The van der Waals surface area contributed by atoms with Gasteiger partial charge in [-0.1, -0.05) is 0 Å². The summed E-state index contributed by atoms with van der Waals surface area (Å²) in [5.74, 6) is 0. The summed E-state index contributed by atoms with van der Waals surface area (Å²) >= 11 is 1.65. The smallest absolute Gasteiger partial charge is 0.102 e. The zero-order valence-corrected chi connectivity index (χ0v) is 9.05. The Morgan fingerprint density at radius 1 is 1.53 bits per heavy atom. The summed E-state index contributed by atoms with van der Waals surface area (Å²) in [7, 11) is 0. The second kappa shape index (κ2) is 3.18. The van der Waals surface area contributed by atoms with Crippen molar-refractivity contribution < 1.29 is 5.11 Å². The van der Waals surface area contributed by atoms with Crippen LogP contribution in [0.4, 0.5) is 0 Å². The van der Waals surface area contributed by atoms with Crippen molar-refractivity contribution in [3.8, 4) is 11.4 Å². The van der Waals surface area contributed by atoms with E-state index in [2.05, 4.69) is 15.3 Å². The molecule has 0 unspecified atom stereocenters. The van der Waals surface area contributed by atoms with Crippen LogP contribution in [0.3, 0.4) is 0 Å². The van der Waals surface area contributed by atoms with Gasteiger partial charge in [-0.05, 0) is 25.0 Å². The molecule has 0 radical (unpaired) electrons. The van der Waals surface area contributed by atoms with Gasteiger partial charge in [0, 0.05) is 17.0 Å². The van der Waals surface area contributed by atoms with Gasteiger partial charge in [-0.15, -0.1) is 11.3 Å². The van der Waals surface area contributed by atoms with Crippen LogP contribution in [0.25, 0.3) is 11.4 Å². The van der Waals surface area contributed by atoms with E-state index in [0.29, 0.717) is 0 Å². The van der Waals surface area contributed by atoms with E-state index >= 15 is 0 Å². The monoisotopic (exact) mass is 220 g/mol. The average molecular weight is 220 g/mol. The summed E-state index contributed by atoms with van der Waals surface area (Å²) in [5, 5.41) is 12.4. The Bertz CT molecular complexity index is 457. The van der Waals surface area contributed by atoms with Crippen molar-refractivity contribution in [2.45, 2.75) is 18.3 Å². The van der Waals surface area contributed by atoms with E-state index in [1.807, 2.05) is 18.3 Å². The number of thiazole rings is 1. The number of hydrogen-bond donors (Lipinski definition) is 2. The molecule has 78 valence electrons. The van der Waals surface area contributed by atoms with Crippen LogP contribution in [0.2, 0.25) is 0 Å². The molecule has 0 spiro atoms. The molecule has 3 rings (SSSR count). The minimum Gasteiger partial charge on any atom is -0.395 e. The van der Waals surface area contributed by atoms with E-state index in [0.717, 1.165) is 29.2 Å². The number of aliphatic hydroxyl groups excluding tert-OH is 1. The van der Waals surface area contributed by atoms with Gasteiger partial charge in [-0.25, -0.2) is 4.98 Å². The molecule has 0 bridgehead atoms. The van der Waals surface area contributed by atoms with Gasteiger partial charge in [0.2, 0.25) is 0 Å². The van der Waals surface area contributed by atoms with Crippen LogP contribution in [0, 0.1) is 0 Å². The predicted octanol–water partition coefficient (Wildman–Crippen LogP) is 2.16. The highest BCUT2D eigenvalue weighted by molar-refractivity contribution is 7.10. The van der Waals surface area contributed by atoms with E-state index in [9.17, 15) is 5.11 Å². The molecule has 0 amide bonds. The molecule has 2 N–H and O–H groups in total. The van der Waals surface area contributed by atoms with Gasteiger partial charge in [0.15, 0.2) is 0 Å². The Kier molecular flexibility index (Phi) is 1.94. The zero-order chi connectivity index (χ0) is 10.3. The molecule has 1 fully saturated rings. The number of H-pyrrole nitrogens is 1. The first kappa shape index (κ1) is 9.12. The molecule has 1 aliphatic rings. The third kappa shape index (κ3) is 1.41. The van der Waals surface area contributed by atoms with Crippen molar-refractivity contribution in [3.05, 3.63) is 28.7 Å². The summed E-state index contributed by atoms with van der Waals surface area (Å²) in [5.41, 5.74) is 2.03. The van der Waals surface area contributed by atoms with Crippen LogP contribution < -0.4 is 0 Å². The molecule has 0 saturated heterocycles. The molecule has 2 aromatic rings. The second-order valence-corrected chi connectivity index (χ2v) is 4.92. The normalized spacial score (nSPS) is 17.9. The molecule has 15 heavy (non-hydrogen) atoms. The first-order valence-electron chi connectivity index (χ1n) is 5.05. The minimum atomic E-state index is -0.00445. The van der Waals surface area contributed by atoms with Crippen LogP contribution in [0.1, 0.15) is 17.8 Å². The predicted molar refractivity (Wildman–Crippen MR) is 59.9 cm³/mol. The van der Waals surface area contributed by atoms with Gasteiger partial charge in [0.25, 0.3) is 0 Å². The lowest BCUT2D eigenvalue weighted by Crippen LogP contribution is -2.11. The standard InChI is InChI=1S/C11H12N2OS/c14-7-11(3-4-11)10-13-9(6-15-10)8-2-1-5-12-8/h1-2,5-6,12,14H,3-4,7H2. The fourth-order valence-electron chi connectivity index (χ4n) is 1.72. The van der Waals surface area contributed by atoms with Crippen molar-refractivity contribution >= 4 is 11.3 Å². The third-order valence-corrected chi connectivity index (χ3v) is 4.08. The Balaban J connectivity index is 1.95. The summed E-state index contributed by atoms with van der Waals surface area (Å²) in [6, 6.07) is 3.98. The first-order chi connectivity index (χ1) is 7.34. The Morgan fingerprint density at radius 3 is 3.00 bits per heavy atom. The van der Waals surface area contributed by atoms with E-state index in [1.165, 1.54) is 0 Å². The van der Waals surface area contributed by atoms with Gasteiger partial charge < -0.3 is 10.1 Å². The molecule has 0 aliphatic heterocycles. The Labute approximate surface area is 91.8 Å². The molecule has 3 nitrogen and oxygen atoms in total. The number of aromatic nitrogens is 2. The zero-order valence-electron chi connectivity index (χ0n) is 8.23. The van der Waals surface area contributed by atoms with Crippen LogP contribution in [-0.4, -0.2) is 21.7 Å². The molecular weight excluding hydrogens is 208 g/mol. The summed E-state index contributed by atoms with van der Waals surface area (Å²) in [4.78, 5) is 7.72. The van der Waals surface area contributed by atoms with Crippen LogP contribution in [0.5, 0.6) is 0 Å². The highest BCUT2D eigenvalue weighted by Crippen LogP contribution is 2.49. The van der Waals surface area contributed by atoms with Crippen molar-refractivity contribution in [2.24, 2.45) is 0 Å². The summed E-state index contributed by atoms with van der Waals surface area (Å²) in [6.07, 6.45) is 4.04. The summed E-state index contributed by atoms with van der Waals surface area (Å²) in [6.45, 7) is 0.227. The highest BCUT2D eigenvalue weighted by Gasteiger charge is 2.46. The SMILES string of the molecule is OCC1(c2nc(-c3ccc[nH]3)cs2)CC1. The van der Waals surface area contributed by atoms with E-state index in [1.54, 1.807) is 11.3 Å². The average Bonchev–Trinajstić information content (AvgIpc) is 2.74. The van der Waals surface area contributed by atoms with E-state index in [4.69, 9.17) is 0 Å². The molecule has 2 aromatic heterocycles. The Hall–Kier alpha value is -1.13. The third-order valence-electron chi connectivity index (χ3n) is 2.99. The van der Waals surface area contributed by atoms with E-state index < -0.39 is 0 Å². The quantitative estimate of drug-likeness (QED) is 0.832. The first-order valence-corrected chi connectivity index (χ1v) is 5.93. The number of aromatic amines is 1. The molecule has 0 atom stereocenters. The molecule has 1 saturated carbocycles. The largest absolute Gasteiger partial charge is 0.395 e. The number of nitrogens with zero attached hydrogens (tertiary/aromatic N) is 1. The molecular formula is C11H12N2OS. The fourth-order valence-corrected chi connectivity index (χ4v) is 2.79. The lowest BCUT2D eigenvalue weighted by Gasteiger charge is -2.05. The Morgan fingerprint density at radius 2 is 2.40 bits per heavy atom. The lowest BCUT2D eigenvalue weighted by atomic mass is 10.1. The van der Waals surface area contributed by atoms with Crippen molar-refractivity contribution in [1.82, 2.24) is 9.97 Å². The van der Waals surface area contributed by atoms with Gasteiger partial charge in [0.05, 0.1) is 18.0 Å². The molecule has 4 heteroatoms. The topological polar surface area (TPSA) is 48.9 Å². The number of hydrogen-bond acceptors (Lipinski definition) is 3. The minimum absolute atomic E-state index is 0.00445. The maximum Gasteiger partial charge on any atom is 0.102 e. The van der Waals surface area contributed by atoms with Gasteiger partial charge in [-0.2, -0.15) is 0 Å². The van der Waals surface area contributed by atoms with Gasteiger partial charge in [-0.3, -0.25) is 0 Å². The van der Waals surface area contributed by atoms with Gasteiger partial charge >= 0.3 is 0 Å². The van der Waals surface area contributed by atoms with E-state index in [-0.39, 0.29) is 12.0 Å². The van der Waals surface area contributed by atoms with Crippen LogP contribution >= 0.6 is 11.3 Å². The second-order valence-electron chi connectivity index (χ2n) is 4.06. The maximum atomic E-state index is 9.31. The van der Waals surface area contributed by atoms with Crippen molar-refractivity contribution in [2.75, 3.05) is 6.61 Å². The van der Waals surface area contributed by atoms with Crippen molar-refractivity contribution in [1.29, 1.82) is 0 Å². The molecule has 1 aliphatic carbocycles. The van der Waals surface area contributed by atoms with Gasteiger partial charge in [0.1, 0.15) is 5.01 Å². The number of nitrogens with one attached hydrogen (secondary N) is 1. The maximum absolute atomic E-state index is 9.31. The molecule has 2 heterocycles. The van der Waals surface area contributed by atoms with Crippen molar-refractivity contribution in [3.63, 3.8) is 0 Å². The molecule has 0 aromatic carbocycles.